The lowest BCUT2D eigenvalue weighted by Gasteiger charge is -2.37. The Hall–Kier alpha value is -3.84. The average Bonchev–Trinajstić information content (AvgIpc) is 2.76. The molecule has 0 spiro atoms. The maximum absolute atomic E-state index is 13.5. The van der Waals surface area contributed by atoms with Crippen LogP contribution in [0.1, 0.15) is 75.2 Å². The van der Waals surface area contributed by atoms with E-state index in [9.17, 15) is 29.1 Å². The van der Waals surface area contributed by atoms with Crippen LogP contribution in [-0.4, -0.2) is 88.4 Å². The molecule has 40 heavy (non-hydrogen) atoms. The van der Waals surface area contributed by atoms with E-state index in [1.807, 2.05) is 13.8 Å². The minimum Gasteiger partial charge on any atom is -0.475 e. The zero-order valence-electron chi connectivity index (χ0n) is 24.7. The van der Waals surface area contributed by atoms with Gasteiger partial charge in [0, 0.05) is 20.0 Å². The second kappa shape index (κ2) is 14.5. The fourth-order valence-electron chi connectivity index (χ4n) is 3.62. The van der Waals surface area contributed by atoms with E-state index in [4.69, 9.17) is 14.2 Å². The summed E-state index contributed by atoms with van der Waals surface area (Å²) in [6.07, 6.45) is -1.07. The maximum atomic E-state index is 13.5. The van der Waals surface area contributed by atoms with Crippen LogP contribution in [0.25, 0.3) is 0 Å². The van der Waals surface area contributed by atoms with Gasteiger partial charge in [-0.05, 0) is 60.5 Å². The molecule has 0 aromatic heterocycles. The van der Waals surface area contributed by atoms with Gasteiger partial charge in [0.1, 0.15) is 23.3 Å². The number of amides is 4. The number of nitrogens with one attached hydrogen (secondary N) is 3. The summed E-state index contributed by atoms with van der Waals surface area (Å²) in [5, 5.41) is 17.0. The second-order valence-electron chi connectivity index (χ2n) is 11.1. The van der Waals surface area contributed by atoms with Gasteiger partial charge in [-0.25, -0.2) is 19.4 Å². The van der Waals surface area contributed by atoms with Gasteiger partial charge < -0.3 is 29.5 Å². The SMILES string of the molecule is CCCN(CCC)C(=O)[C@@H]1OC(C(=O)O)=C[C@H](N=C(NC(=O)OC(C)(C)C)NC(=O)OC(C)(C)C)[C@H]1NC(C)=O. The molecule has 0 aromatic rings. The number of hydrogen-bond donors (Lipinski definition) is 4. The minimum atomic E-state index is -1.47. The molecule has 14 nitrogen and oxygen atoms in total. The van der Waals surface area contributed by atoms with E-state index in [2.05, 4.69) is 20.9 Å². The van der Waals surface area contributed by atoms with Crippen LogP contribution in [0.4, 0.5) is 9.59 Å². The number of ether oxygens (including phenoxy) is 3. The van der Waals surface area contributed by atoms with Gasteiger partial charge in [-0.3, -0.25) is 20.2 Å². The van der Waals surface area contributed by atoms with E-state index in [1.54, 1.807) is 41.5 Å². The molecular weight excluding hydrogens is 526 g/mol. The molecule has 0 unspecified atom stereocenters. The Morgan fingerprint density at radius 1 is 0.950 bits per heavy atom. The molecule has 0 aliphatic carbocycles. The summed E-state index contributed by atoms with van der Waals surface area (Å²) in [5.41, 5.74) is -1.79. The zero-order valence-corrected chi connectivity index (χ0v) is 24.7. The Labute approximate surface area is 234 Å². The van der Waals surface area contributed by atoms with Crippen molar-refractivity contribution in [3.8, 4) is 0 Å². The lowest BCUT2D eigenvalue weighted by molar-refractivity contribution is -0.149. The summed E-state index contributed by atoms with van der Waals surface area (Å²) in [5.74, 6) is -3.61. The largest absolute Gasteiger partial charge is 0.475 e. The van der Waals surface area contributed by atoms with Crippen LogP contribution in [-0.2, 0) is 28.6 Å². The van der Waals surface area contributed by atoms with Gasteiger partial charge in [-0.2, -0.15) is 0 Å². The Bertz CT molecular complexity index is 973. The number of alkyl carbamates (subject to hydrolysis) is 2. The molecule has 1 aliphatic rings. The number of aliphatic carboxylic acids is 1. The Kier molecular flexibility index (Phi) is 12.4. The van der Waals surface area contributed by atoms with Crippen LogP contribution in [0.15, 0.2) is 16.8 Å². The van der Waals surface area contributed by atoms with Crippen molar-refractivity contribution >= 4 is 35.9 Å². The van der Waals surface area contributed by atoms with Crippen molar-refractivity contribution in [3.05, 3.63) is 11.8 Å². The normalized spacial score (nSPS) is 18.7. The standard InChI is InChI=1S/C26H43N5O9/c1-10-12-31(13-11-2)20(33)19-18(27-15(3)32)16(14-17(38-19)21(34)35)28-22(29-23(36)39-25(4,5)6)30-24(37)40-26(7,8)9/h14,16,18-19H,10-13H2,1-9H3,(H,27,32)(H,34,35)(H2,28,29,30,36,37)/t16-,18+,19+/m0/s1. The first kappa shape index (κ1) is 34.2. The van der Waals surface area contributed by atoms with Crippen LogP contribution in [0, 0.1) is 0 Å². The summed E-state index contributed by atoms with van der Waals surface area (Å²) in [4.78, 5) is 68.6. The third-order valence-corrected chi connectivity index (χ3v) is 4.91. The van der Waals surface area contributed by atoms with E-state index >= 15 is 0 Å². The molecule has 1 rings (SSSR count). The highest BCUT2D eigenvalue weighted by molar-refractivity contribution is 6.01. The van der Waals surface area contributed by atoms with Gasteiger partial charge in [0.05, 0.1) is 0 Å². The van der Waals surface area contributed by atoms with Gasteiger partial charge in [-0.1, -0.05) is 13.8 Å². The number of aliphatic imine (C=N–C) groups is 1. The number of carbonyl (C=O) groups excluding carboxylic acids is 4. The van der Waals surface area contributed by atoms with E-state index < -0.39 is 71.1 Å². The van der Waals surface area contributed by atoms with Gasteiger partial charge in [0.25, 0.3) is 5.91 Å². The van der Waals surface area contributed by atoms with Crippen LogP contribution in [0.2, 0.25) is 0 Å². The Morgan fingerprint density at radius 3 is 1.80 bits per heavy atom. The molecule has 4 N–H and O–H groups in total. The van der Waals surface area contributed by atoms with Gasteiger partial charge in [0.2, 0.25) is 17.6 Å². The molecule has 3 atom stereocenters. The smallest absolute Gasteiger partial charge is 0.414 e. The van der Waals surface area contributed by atoms with Crippen molar-refractivity contribution in [2.45, 2.75) is 105 Å². The molecular formula is C26H43N5O9. The molecule has 0 bridgehead atoms. The number of carboxylic acids is 1. The molecule has 1 aliphatic heterocycles. The monoisotopic (exact) mass is 569 g/mol. The molecule has 0 radical (unpaired) electrons. The quantitative estimate of drug-likeness (QED) is 0.251. The topological polar surface area (TPSA) is 185 Å². The van der Waals surface area contributed by atoms with Crippen molar-refractivity contribution < 1.29 is 43.3 Å². The van der Waals surface area contributed by atoms with Crippen molar-refractivity contribution in [3.63, 3.8) is 0 Å². The fourth-order valence-corrected chi connectivity index (χ4v) is 3.62. The van der Waals surface area contributed by atoms with Crippen LogP contribution >= 0.6 is 0 Å². The molecule has 0 aromatic carbocycles. The van der Waals surface area contributed by atoms with Crippen molar-refractivity contribution in [2.24, 2.45) is 4.99 Å². The highest BCUT2D eigenvalue weighted by Gasteiger charge is 2.43. The number of rotatable bonds is 8. The first-order valence-corrected chi connectivity index (χ1v) is 13.1. The average molecular weight is 570 g/mol. The van der Waals surface area contributed by atoms with E-state index in [1.165, 1.54) is 11.8 Å². The number of nitrogens with zero attached hydrogens (tertiary/aromatic N) is 2. The van der Waals surface area contributed by atoms with Crippen molar-refractivity contribution in [1.29, 1.82) is 0 Å². The van der Waals surface area contributed by atoms with Crippen LogP contribution in [0.3, 0.4) is 0 Å². The Balaban J connectivity index is 3.64. The van der Waals surface area contributed by atoms with E-state index in [0.717, 1.165) is 6.08 Å². The fraction of sp³-hybridized carbons (Fsp3) is 0.692. The summed E-state index contributed by atoms with van der Waals surface area (Å²) in [6.45, 7) is 15.5. The van der Waals surface area contributed by atoms with Crippen LogP contribution < -0.4 is 16.0 Å². The molecule has 0 saturated carbocycles. The maximum Gasteiger partial charge on any atom is 0.414 e. The zero-order chi connectivity index (χ0) is 30.8. The number of carbonyl (C=O) groups is 5. The lowest BCUT2D eigenvalue weighted by Crippen LogP contribution is -2.59. The lowest BCUT2D eigenvalue weighted by atomic mass is 9.97. The molecule has 226 valence electrons. The summed E-state index contributed by atoms with van der Waals surface area (Å²) in [6, 6.07) is -2.47. The summed E-state index contributed by atoms with van der Waals surface area (Å²) < 4.78 is 16.1. The summed E-state index contributed by atoms with van der Waals surface area (Å²) >= 11 is 0. The van der Waals surface area contributed by atoms with Gasteiger partial charge in [-0.15, -0.1) is 0 Å². The van der Waals surface area contributed by atoms with E-state index in [0.29, 0.717) is 25.9 Å². The van der Waals surface area contributed by atoms with Crippen molar-refractivity contribution in [2.75, 3.05) is 13.1 Å². The Morgan fingerprint density at radius 2 is 1.43 bits per heavy atom. The molecule has 0 saturated heterocycles. The second-order valence-corrected chi connectivity index (χ2v) is 11.1. The number of hydrogen-bond acceptors (Lipinski definition) is 9. The first-order chi connectivity index (χ1) is 18.4. The highest BCUT2D eigenvalue weighted by atomic mass is 16.6. The third kappa shape index (κ3) is 11.9. The molecule has 4 amide bonds. The minimum absolute atomic E-state index is 0.380. The predicted octanol–water partition coefficient (Wildman–Crippen LogP) is 2.28. The molecule has 0 fully saturated rings. The third-order valence-electron chi connectivity index (χ3n) is 4.91. The van der Waals surface area contributed by atoms with Gasteiger partial charge >= 0.3 is 18.2 Å². The summed E-state index contributed by atoms with van der Waals surface area (Å²) in [7, 11) is 0. The predicted molar refractivity (Wildman–Crippen MR) is 145 cm³/mol. The number of guanidine groups is 1. The van der Waals surface area contributed by atoms with Crippen molar-refractivity contribution in [1.82, 2.24) is 20.9 Å². The first-order valence-electron chi connectivity index (χ1n) is 13.1. The van der Waals surface area contributed by atoms with E-state index in [-0.39, 0.29) is 0 Å². The molecule has 14 heteroatoms. The number of carboxylic acid groups (broad SMARTS) is 1. The highest BCUT2D eigenvalue weighted by Crippen LogP contribution is 2.23. The van der Waals surface area contributed by atoms with Gasteiger partial charge in [0.15, 0.2) is 6.10 Å². The molecule has 1 heterocycles. The van der Waals surface area contributed by atoms with Crippen LogP contribution in [0.5, 0.6) is 0 Å².